The molecule has 0 saturated carbocycles. The molecule has 0 saturated heterocycles. The van der Waals surface area contributed by atoms with Crippen LogP contribution in [0.25, 0.3) is 10.9 Å². The van der Waals surface area contributed by atoms with Gasteiger partial charge in [0, 0.05) is 21.1 Å². The van der Waals surface area contributed by atoms with E-state index in [1.54, 1.807) is 26.0 Å². The summed E-state index contributed by atoms with van der Waals surface area (Å²) in [7, 11) is 5.19. The monoisotopic (exact) mass is 333 g/mol. The summed E-state index contributed by atoms with van der Waals surface area (Å²) in [6.07, 6.45) is 0. The molecule has 1 aromatic heterocycles. The highest BCUT2D eigenvalue weighted by molar-refractivity contribution is 8.00. The van der Waals surface area contributed by atoms with Crippen LogP contribution in [0.5, 0.6) is 0 Å². The molecular formula is C17H23N3O2S. The number of aryl methyl sites for hydroxylation is 1. The molecular weight excluding hydrogens is 310 g/mol. The van der Waals surface area contributed by atoms with E-state index in [0.717, 1.165) is 5.56 Å². The van der Waals surface area contributed by atoms with Crippen molar-refractivity contribution >= 4 is 28.6 Å². The normalized spacial score (nSPS) is 12.7. The second kappa shape index (κ2) is 6.74. The molecule has 0 spiro atoms. The largest absolute Gasteiger partial charge is 0.348 e. The third kappa shape index (κ3) is 3.58. The zero-order chi connectivity index (χ0) is 17.3. The molecule has 0 aliphatic carbocycles. The van der Waals surface area contributed by atoms with Gasteiger partial charge in [-0.25, -0.2) is 4.98 Å². The zero-order valence-corrected chi connectivity index (χ0v) is 15.3. The minimum absolute atomic E-state index is 0.0308. The molecule has 0 aliphatic rings. The van der Waals surface area contributed by atoms with Crippen molar-refractivity contribution in [2.75, 3.05) is 14.1 Å². The molecule has 0 fully saturated rings. The van der Waals surface area contributed by atoms with Crippen LogP contribution in [-0.4, -0.2) is 39.7 Å². The maximum atomic E-state index is 12.6. The lowest BCUT2D eigenvalue weighted by Gasteiger charge is -2.23. The van der Waals surface area contributed by atoms with Crippen LogP contribution in [0.2, 0.25) is 0 Å². The van der Waals surface area contributed by atoms with Gasteiger partial charge in [-0.2, -0.15) is 0 Å². The van der Waals surface area contributed by atoms with Gasteiger partial charge in [0.15, 0.2) is 5.16 Å². The van der Waals surface area contributed by atoms with Crippen LogP contribution in [0.1, 0.15) is 19.4 Å². The molecule has 0 unspecified atom stereocenters. The summed E-state index contributed by atoms with van der Waals surface area (Å²) in [6, 6.07) is 5.65. The Balaban J connectivity index is 2.51. The molecule has 1 atom stereocenters. The molecule has 23 heavy (non-hydrogen) atoms. The maximum Gasteiger partial charge on any atom is 0.261 e. The van der Waals surface area contributed by atoms with Crippen LogP contribution in [0.3, 0.4) is 0 Å². The van der Waals surface area contributed by atoms with E-state index in [1.807, 2.05) is 39.0 Å². The fourth-order valence-corrected chi connectivity index (χ4v) is 3.51. The van der Waals surface area contributed by atoms with Crippen LogP contribution in [0.15, 0.2) is 28.2 Å². The molecule has 0 N–H and O–H groups in total. The van der Waals surface area contributed by atoms with Gasteiger partial charge in [0.1, 0.15) is 0 Å². The summed E-state index contributed by atoms with van der Waals surface area (Å²) < 4.78 is 1.53. The number of benzene rings is 1. The average molecular weight is 333 g/mol. The highest BCUT2D eigenvalue weighted by Crippen LogP contribution is 2.28. The van der Waals surface area contributed by atoms with Crippen molar-refractivity contribution in [1.82, 2.24) is 14.5 Å². The smallest absolute Gasteiger partial charge is 0.261 e. The Kier molecular flexibility index (Phi) is 5.14. The average Bonchev–Trinajstić information content (AvgIpc) is 2.49. The molecule has 124 valence electrons. The first-order valence-electron chi connectivity index (χ1n) is 7.57. The number of hydrogen-bond donors (Lipinski definition) is 0. The standard InChI is InChI=1S/C17H23N3O2S/c1-10(2)14(16(22)19(4)5)23-17-18-13-8-7-11(3)9-12(13)15(21)20(17)6/h7-10,14H,1-6H3/t14-/m1/s1. The van der Waals surface area contributed by atoms with Crippen LogP contribution in [0, 0.1) is 12.8 Å². The lowest BCUT2D eigenvalue weighted by molar-refractivity contribution is -0.128. The predicted octanol–water partition coefficient (Wildman–Crippen LogP) is 2.45. The molecule has 6 heteroatoms. The van der Waals surface area contributed by atoms with Gasteiger partial charge in [0.2, 0.25) is 5.91 Å². The molecule has 0 aliphatic heterocycles. The second-order valence-corrected chi connectivity index (χ2v) is 7.40. The van der Waals surface area contributed by atoms with E-state index in [0.29, 0.717) is 16.1 Å². The fourth-order valence-electron chi connectivity index (χ4n) is 2.31. The second-order valence-electron chi connectivity index (χ2n) is 6.29. The third-order valence-corrected chi connectivity index (χ3v) is 5.29. The Morgan fingerprint density at radius 1 is 1.30 bits per heavy atom. The Morgan fingerprint density at radius 2 is 1.96 bits per heavy atom. The molecule has 0 bridgehead atoms. The number of carbonyl (C=O) groups excluding carboxylic acids is 1. The zero-order valence-electron chi connectivity index (χ0n) is 14.5. The number of aromatic nitrogens is 2. The molecule has 1 aromatic carbocycles. The van der Waals surface area contributed by atoms with Crippen molar-refractivity contribution in [2.45, 2.75) is 31.2 Å². The quantitative estimate of drug-likeness (QED) is 0.637. The van der Waals surface area contributed by atoms with Crippen molar-refractivity contribution in [3.63, 3.8) is 0 Å². The Hall–Kier alpha value is -1.82. The van der Waals surface area contributed by atoms with Crippen molar-refractivity contribution in [1.29, 1.82) is 0 Å². The Labute approximate surface area is 140 Å². The summed E-state index contributed by atoms with van der Waals surface area (Å²) >= 11 is 1.35. The van der Waals surface area contributed by atoms with Crippen molar-refractivity contribution < 1.29 is 4.79 Å². The van der Waals surface area contributed by atoms with E-state index in [1.165, 1.54) is 16.3 Å². The number of thioether (sulfide) groups is 1. The lowest BCUT2D eigenvalue weighted by atomic mass is 10.1. The first kappa shape index (κ1) is 17.5. The number of amides is 1. The highest BCUT2D eigenvalue weighted by atomic mass is 32.2. The first-order valence-corrected chi connectivity index (χ1v) is 8.45. The first-order chi connectivity index (χ1) is 10.7. The van der Waals surface area contributed by atoms with Crippen molar-refractivity contribution in [3.8, 4) is 0 Å². The Bertz CT molecular complexity index is 796. The third-order valence-electron chi connectivity index (χ3n) is 3.71. The van der Waals surface area contributed by atoms with Crippen LogP contribution >= 0.6 is 11.8 Å². The van der Waals surface area contributed by atoms with Gasteiger partial charge in [-0.05, 0) is 25.0 Å². The topological polar surface area (TPSA) is 55.2 Å². The minimum Gasteiger partial charge on any atom is -0.348 e. The van der Waals surface area contributed by atoms with Gasteiger partial charge in [-0.1, -0.05) is 37.2 Å². The van der Waals surface area contributed by atoms with Gasteiger partial charge in [0.05, 0.1) is 16.2 Å². The van der Waals surface area contributed by atoms with Crippen LogP contribution in [-0.2, 0) is 11.8 Å². The van der Waals surface area contributed by atoms with Gasteiger partial charge in [-0.3, -0.25) is 14.2 Å². The number of rotatable bonds is 4. The van der Waals surface area contributed by atoms with E-state index in [4.69, 9.17) is 0 Å². The molecule has 2 aromatic rings. The fraction of sp³-hybridized carbons (Fsp3) is 0.471. The number of hydrogen-bond acceptors (Lipinski definition) is 4. The van der Waals surface area contributed by atoms with Gasteiger partial charge < -0.3 is 4.90 Å². The molecule has 2 rings (SSSR count). The lowest BCUT2D eigenvalue weighted by Crippen LogP contribution is -2.35. The Morgan fingerprint density at radius 3 is 2.52 bits per heavy atom. The number of fused-ring (bicyclic) bond motifs is 1. The summed E-state index contributed by atoms with van der Waals surface area (Å²) in [5, 5.41) is 0.906. The van der Waals surface area contributed by atoms with Crippen molar-refractivity contribution in [2.24, 2.45) is 13.0 Å². The molecule has 0 radical (unpaired) electrons. The minimum atomic E-state index is -0.272. The summed E-state index contributed by atoms with van der Waals surface area (Å²) in [5.74, 6) is 0.170. The van der Waals surface area contributed by atoms with E-state index >= 15 is 0 Å². The summed E-state index contributed by atoms with van der Waals surface area (Å²) in [5.41, 5.74) is 1.61. The van der Waals surface area contributed by atoms with Crippen LogP contribution in [0.4, 0.5) is 0 Å². The van der Waals surface area contributed by atoms with Crippen LogP contribution < -0.4 is 5.56 Å². The predicted molar refractivity (Wildman–Crippen MR) is 94.9 cm³/mol. The summed E-state index contributed by atoms with van der Waals surface area (Å²) in [6.45, 7) is 5.95. The van der Waals surface area contributed by atoms with Gasteiger partial charge in [-0.15, -0.1) is 0 Å². The van der Waals surface area contributed by atoms with E-state index < -0.39 is 0 Å². The van der Waals surface area contributed by atoms with Gasteiger partial charge in [0.25, 0.3) is 5.56 Å². The number of nitrogens with zero attached hydrogens (tertiary/aromatic N) is 3. The molecule has 5 nitrogen and oxygen atoms in total. The van der Waals surface area contributed by atoms with E-state index in [9.17, 15) is 9.59 Å². The SMILES string of the molecule is Cc1ccc2nc(S[C@@H](C(=O)N(C)C)C(C)C)n(C)c(=O)c2c1. The highest BCUT2D eigenvalue weighted by Gasteiger charge is 2.27. The van der Waals surface area contributed by atoms with E-state index in [-0.39, 0.29) is 22.6 Å². The van der Waals surface area contributed by atoms with Gasteiger partial charge >= 0.3 is 0 Å². The summed E-state index contributed by atoms with van der Waals surface area (Å²) in [4.78, 5) is 31.1. The molecule has 1 amide bonds. The van der Waals surface area contributed by atoms with E-state index in [2.05, 4.69) is 4.98 Å². The van der Waals surface area contributed by atoms with Crippen molar-refractivity contribution in [3.05, 3.63) is 34.1 Å². The maximum absolute atomic E-state index is 12.6. The molecule has 1 heterocycles. The number of carbonyl (C=O) groups is 1.